The van der Waals surface area contributed by atoms with Crippen molar-refractivity contribution in [2.24, 2.45) is 5.92 Å². The number of carbonyl (C=O) groups excluding carboxylic acids is 3. The number of hydrazine groups is 1. The fourth-order valence-corrected chi connectivity index (χ4v) is 1.74. The predicted molar refractivity (Wildman–Crippen MR) is 84.1 cm³/mol. The Morgan fingerprint density at radius 2 is 1.64 bits per heavy atom. The minimum Gasteiger partial charge on any atom is -0.352 e. The molecule has 120 valence electrons. The molecule has 1 aromatic carbocycles. The Morgan fingerprint density at radius 1 is 1.05 bits per heavy atom. The Hall–Kier alpha value is -2.08. The van der Waals surface area contributed by atoms with Crippen molar-refractivity contribution in [3.63, 3.8) is 0 Å². The SMILES string of the molecule is CC(C)CC(=O)NNC(=O)CCNC(=O)c1ccc(Cl)cc1. The molecule has 0 radical (unpaired) electrons. The standard InChI is InChI=1S/C15H20ClN3O3/c1-10(2)9-14(21)19-18-13(20)7-8-17-15(22)11-3-5-12(16)6-4-11/h3-6,10H,7-9H2,1-2H3,(H,17,22)(H,18,20)(H,19,21). The van der Waals surface area contributed by atoms with E-state index >= 15 is 0 Å². The lowest BCUT2D eigenvalue weighted by molar-refractivity contribution is -0.129. The Balaban J connectivity index is 2.23. The summed E-state index contributed by atoms with van der Waals surface area (Å²) in [6.45, 7) is 3.99. The summed E-state index contributed by atoms with van der Waals surface area (Å²) in [6, 6.07) is 6.44. The highest BCUT2D eigenvalue weighted by Gasteiger charge is 2.08. The van der Waals surface area contributed by atoms with Crippen LogP contribution in [0, 0.1) is 5.92 Å². The van der Waals surface area contributed by atoms with Gasteiger partial charge in [-0.3, -0.25) is 25.2 Å². The fourth-order valence-electron chi connectivity index (χ4n) is 1.62. The van der Waals surface area contributed by atoms with E-state index in [4.69, 9.17) is 11.6 Å². The van der Waals surface area contributed by atoms with Crippen molar-refractivity contribution in [2.75, 3.05) is 6.54 Å². The van der Waals surface area contributed by atoms with Gasteiger partial charge in [0.25, 0.3) is 5.91 Å². The van der Waals surface area contributed by atoms with Gasteiger partial charge in [0, 0.05) is 30.0 Å². The summed E-state index contributed by atoms with van der Waals surface area (Å²) in [5.41, 5.74) is 5.09. The Morgan fingerprint density at radius 3 is 2.23 bits per heavy atom. The van der Waals surface area contributed by atoms with Crippen molar-refractivity contribution in [2.45, 2.75) is 26.7 Å². The van der Waals surface area contributed by atoms with Gasteiger partial charge in [0.05, 0.1) is 0 Å². The van der Waals surface area contributed by atoms with Crippen LogP contribution in [0.3, 0.4) is 0 Å². The Kier molecular flexibility index (Phi) is 7.39. The molecule has 1 rings (SSSR count). The van der Waals surface area contributed by atoms with Gasteiger partial charge < -0.3 is 5.32 Å². The maximum absolute atomic E-state index is 11.8. The molecule has 6 nitrogen and oxygen atoms in total. The molecule has 0 atom stereocenters. The molecular weight excluding hydrogens is 306 g/mol. The third kappa shape index (κ3) is 7.08. The second-order valence-electron chi connectivity index (χ2n) is 5.21. The quantitative estimate of drug-likeness (QED) is 0.695. The number of hydrogen-bond donors (Lipinski definition) is 3. The summed E-state index contributed by atoms with van der Waals surface area (Å²) < 4.78 is 0. The molecule has 0 heterocycles. The van der Waals surface area contributed by atoms with E-state index in [1.54, 1.807) is 24.3 Å². The zero-order chi connectivity index (χ0) is 16.5. The minimum absolute atomic E-state index is 0.0707. The number of rotatable bonds is 6. The number of benzene rings is 1. The smallest absolute Gasteiger partial charge is 0.251 e. The number of amides is 3. The van der Waals surface area contributed by atoms with Gasteiger partial charge in [0.1, 0.15) is 0 Å². The van der Waals surface area contributed by atoms with E-state index in [1.807, 2.05) is 13.8 Å². The molecule has 0 saturated carbocycles. The molecular formula is C15H20ClN3O3. The van der Waals surface area contributed by atoms with Crippen molar-refractivity contribution in [1.82, 2.24) is 16.2 Å². The molecule has 0 bridgehead atoms. The molecule has 3 amide bonds. The van der Waals surface area contributed by atoms with E-state index < -0.39 is 0 Å². The summed E-state index contributed by atoms with van der Waals surface area (Å²) in [7, 11) is 0. The molecule has 0 spiro atoms. The van der Waals surface area contributed by atoms with Gasteiger partial charge in [-0.1, -0.05) is 25.4 Å². The van der Waals surface area contributed by atoms with E-state index in [-0.39, 0.29) is 36.6 Å². The largest absolute Gasteiger partial charge is 0.352 e. The summed E-state index contributed by atoms with van der Waals surface area (Å²) in [6.07, 6.45) is 0.412. The Labute approximate surface area is 134 Å². The molecule has 0 aromatic heterocycles. The van der Waals surface area contributed by atoms with Gasteiger partial charge in [-0.05, 0) is 30.2 Å². The zero-order valence-corrected chi connectivity index (χ0v) is 13.4. The summed E-state index contributed by atoms with van der Waals surface area (Å²) >= 11 is 5.73. The molecule has 7 heteroatoms. The van der Waals surface area contributed by atoms with Crippen molar-refractivity contribution >= 4 is 29.3 Å². The van der Waals surface area contributed by atoms with E-state index in [0.29, 0.717) is 17.0 Å². The van der Waals surface area contributed by atoms with Crippen LogP contribution in [0.4, 0.5) is 0 Å². The van der Waals surface area contributed by atoms with Crippen LogP contribution >= 0.6 is 11.6 Å². The van der Waals surface area contributed by atoms with Crippen molar-refractivity contribution < 1.29 is 14.4 Å². The summed E-state index contributed by atoms with van der Waals surface area (Å²) in [4.78, 5) is 34.6. The molecule has 0 aliphatic heterocycles. The maximum atomic E-state index is 11.8. The highest BCUT2D eigenvalue weighted by molar-refractivity contribution is 6.30. The molecule has 0 saturated heterocycles. The molecule has 22 heavy (non-hydrogen) atoms. The first-order valence-electron chi connectivity index (χ1n) is 7.00. The topological polar surface area (TPSA) is 87.3 Å². The lowest BCUT2D eigenvalue weighted by Gasteiger charge is -2.09. The lowest BCUT2D eigenvalue weighted by atomic mass is 10.1. The van der Waals surface area contributed by atoms with Crippen LogP contribution in [0.15, 0.2) is 24.3 Å². The third-order valence-electron chi connectivity index (χ3n) is 2.68. The first-order valence-corrected chi connectivity index (χ1v) is 7.37. The molecule has 1 aromatic rings. The fraction of sp³-hybridized carbons (Fsp3) is 0.400. The summed E-state index contributed by atoms with van der Waals surface area (Å²) in [5, 5.41) is 3.16. The van der Waals surface area contributed by atoms with Gasteiger partial charge in [-0.2, -0.15) is 0 Å². The average molecular weight is 326 g/mol. The van der Waals surface area contributed by atoms with Crippen LogP contribution in [0.2, 0.25) is 5.02 Å². The Bertz CT molecular complexity index is 529. The number of nitrogens with one attached hydrogen (secondary N) is 3. The molecule has 0 aliphatic rings. The molecule has 0 fully saturated rings. The van der Waals surface area contributed by atoms with Crippen LogP contribution in [0.25, 0.3) is 0 Å². The van der Waals surface area contributed by atoms with Gasteiger partial charge >= 0.3 is 0 Å². The van der Waals surface area contributed by atoms with Gasteiger partial charge in [-0.25, -0.2) is 0 Å². The van der Waals surface area contributed by atoms with Crippen molar-refractivity contribution in [1.29, 1.82) is 0 Å². The lowest BCUT2D eigenvalue weighted by Crippen LogP contribution is -2.43. The van der Waals surface area contributed by atoms with E-state index in [0.717, 1.165) is 0 Å². The maximum Gasteiger partial charge on any atom is 0.251 e. The van der Waals surface area contributed by atoms with Gasteiger partial charge in [0.2, 0.25) is 11.8 Å². The first kappa shape index (κ1) is 18.0. The van der Waals surface area contributed by atoms with E-state index in [9.17, 15) is 14.4 Å². The molecule has 0 unspecified atom stereocenters. The molecule has 0 aliphatic carbocycles. The van der Waals surface area contributed by atoms with Crippen LogP contribution in [-0.4, -0.2) is 24.3 Å². The zero-order valence-electron chi connectivity index (χ0n) is 12.6. The van der Waals surface area contributed by atoms with Crippen LogP contribution in [0.1, 0.15) is 37.0 Å². The predicted octanol–water partition coefficient (Wildman–Crippen LogP) is 1.65. The monoisotopic (exact) mass is 325 g/mol. The van der Waals surface area contributed by atoms with Gasteiger partial charge in [-0.15, -0.1) is 0 Å². The van der Waals surface area contributed by atoms with Crippen LogP contribution in [-0.2, 0) is 9.59 Å². The minimum atomic E-state index is -0.367. The third-order valence-corrected chi connectivity index (χ3v) is 2.93. The van der Waals surface area contributed by atoms with E-state index in [2.05, 4.69) is 16.2 Å². The molecule has 3 N–H and O–H groups in total. The first-order chi connectivity index (χ1) is 10.4. The summed E-state index contributed by atoms with van der Waals surface area (Å²) in [5.74, 6) is -0.675. The van der Waals surface area contributed by atoms with E-state index in [1.165, 1.54) is 0 Å². The second-order valence-corrected chi connectivity index (χ2v) is 5.64. The van der Waals surface area contributed by atoms with Crippen molar-refractivity contribution in [3.05, 3.63) is 34.9 Å². The highest BCUT2D eigenvalue weighted by atomic mass is 35.5. The second kappa shape index (κ2) is 9.04. The van der Waals surface area contributed by atoms with Crippen LogP contribution in [0.5, 0.6) is 0 Å². The number of halogens is 1. The normalized spacial score (nSPS) is 10.2. The average Bonchev–Trinajstić information content (AvgIpc) is 2.45. The van der Waals surface area contributed by atoms with Gasteiger partial charge in [0.15, 0.2) is 0 Å². The van der Waals surface area contributed by atoms with Crippen molar-refractivity contribution in [3.8, 4) is 0 Å². The number of hydrogen-bond acceptors (Lipinski definition) is 3. The number of carbonyl (C=O) groups is 3. The van der Waals surface area contributed by atoms with Crippen LogP contribution < -0.4 is 16.2 Å². The highest BCUT2D eigenvalue weighted by Crippen LogP contribution is 2.09.